The molecule has 1 amide bonds. The number of carbonyl (C=O) groups is 1. The number of amides is 1. The van der Waals surface area contributed by atoms with Crippen molar-refractivity contribution in [1.82, 2.24) is 19.7 Å². The van der Waals surface area contributed by atoms with Crippen molar-refractivity contribution >= 4 is 17.4 Å². The van der Waals surface area contributed by atoms with Gasteiger partial charge >= 0.3 is 6.18 Å². The summed E-state index contributed by atoms with van der Waals surface area (Å²) in [5.41, 5.74) is 12.0. The van der Waals surface area contributed by atoms with Gasteiger partial charge in [0.25, 0.3) is 5.91 Å². The molecule has 1 aliphatic rings. The van der Waals surface area contributed by atoms with Crippen molar-refractivity contribution in [3.8, 4) is 28.4 Å². The highest BCUT2D eigenvalue weighted by Crippen LogP contribution is 2.34. The van der Waals surface area contributed by atoms with Gasteiger partial charge in [0.05, 0.1) is 12.2 Å². The minimum Gasteiger partial charge on any atom is -0.475 e. The van der Waals surface area contributed by atoms with Gasteiger partial charge in [-0.15, -0.1) is 0 Å². The molecule has 0 fully saturated rings. The molecule has 2 N–H and O–H groups in total. The Morgan fingerprint density at radius 1 is 0.949 bits per heavy atom. The molecule has 2 aromatic heterocycles. The highest BCUT2D eigenvalue weighted by molar-refractivity contribution is 6.11. The van der Waals surface area contributed by atoms with Gasteiger partial charge in [-0.2, -0.15) is 23.3 Å². The second-order valence-corrected chi connectivity index (χ2v) is 9.66. The van der Waals surface area contributed by atoms with Gasteiger partial charge < -0.3 is 15.4 Å². The normalized spacial score (nSPS) is 13.7. The summed E-state index contributed by atoms with van der Waals surface area (Å²) in [5.74, 6) is 0.126. The average molecular weight is 537 g/mol. The van der Waals surface area contributed by atoms with E-state index < -0.39 is 18.6 Å². The number of fused-ring (bicyclic) bond motifs is 1. The molecule has 0 saturated heterocycles. The molecule has 0 saturated carbocycles. The Bertz CT molecular complexity index is 1560. The van der Waals surface area contributed by atoms with Crippen LogP contribution >= 0.6 is 0 Å². The second kappa shape index (κ2) is 9.72. The van der Waals surface area contributed by atoms with Gasteiger partial charge in [-0.3, -0.25) is 9.48 Å². The van der Waals surface area contributed by atoms with E-state index in [1.807, 2.05) is 32.0 Å². The van der Waals surface area contributed by atoms with Gasteiger partial charge in [0, 0.05) is 22.5 Å². The summed E-state index contributed by atoms with van der Waals surface area (Å²) in [5, 5.41) is 4.07. The molecule has 0 atom stereocenters. The number of anilines is 2. The SMILES string of the molecule is Cc1cc(C)cc(-c2nc(N)c3c(n2)OCCN(c2ccc(-c4c(C)nn(CC(F)(F)F)c4C)cc2)C3=O)c1. The molecule has 202 valence electrons. The van der Waals surface area contributed by atoms with Crippen molar-refractivity contribution in [2.75, 3.05) is 23.8 Å². The molecule has 39 heavy (non-hydrogen) atoms. The second-order valence-electron chi connectivity index (χ2n) is 9.66. The Balaban J connectivity index is 1.45. The van der Waals surface area contributed by atoms with Crippen LogP contribution in [0.2, 0.25) is 0 Å². The number of hydrogen-bond donors (Lipinski definition) is 1. The molecular weight excluding hydrogens is 509 g/mol. The number of nitrogens with two attached hydrogens (primary N) is 1. The number of benzene rings is 2. The molecule has 11 heteroatoms. The van der Waals surface area contributed by atoms with Crippen LogP contribution in [0.4, 0.5) is 24.7 Å². The third-order valence-corrected chi connectivity index (χ3v) is 6.57. The summed E-state index contributed by atoms with van der Waals surface area (Å²) in [6.45, 7) is 6.50. The number of ether oxygens (including phenoxy) is 1. The molecule has 0 radical (unpaired) electrons. The minimum absolute atomic E-state index is 0.0195. The molecule has 0 aliphatic carbocycles. The van der Waals surface area contributed by atoms with E-state index in [1.165, 1.54) is 4.90 Å². The third-order valence-electron chi connectivity index (χ3n) is 6.57. The molecule has 0 unspecified atom stereocenters. The van der Waals surface area contributed by atoms with Gasteiger partial charge in [-0.25, -0.2) is 4.98 Å². The highest BCUT2D eigenvalue weighted by Gasteiger charge is 2.31. The zero-order chi connectivity index (χ0) is 28.1. The number of aryl methyl sites for hydroxylation is 3. The Morgan fingerprint density at radius 3 is 2.26 bits per heavy atom. The summed E-state index contributed by atoms with van der Waals surface area (Å²) >= 11 is 0. The van der Waals surface area contributed by atoms with Crippen molar-refractivity contribution < 1.29 is 22.7 Å². The van der Waals surface area contributed by atoms with Gasteiger partial charge in [0.2, 0.25) is 5.88 Å². The molecule has 1 aliphatic heterocycles. The quantitative estimate of drug-likeness (QED) is 0.374. The number of halogens is 3. The van der Waals surface area contributed by atoms with E-state index in [1.54, 1.807) is 38.1 Å². The first-order valence-corrected chi connectivity index (χ1v) is 12.3. The first-order chi connectivity index (χ1) is 18.4. The van der Waals surface area contributed by atoms with Crippen LogP contribution in [0.15, 0.2) is 42.5 Å². The van der Waals surface area contributed by atoms with Crippen molar-refractivity contribution in [1.29, 1.82) is 0 Å². The fraction of sp³-hybridized carbons (Fsp3) is 0.286. The maximum absolute atomic E-state index is 13.6. The van der Waals surface area contributed by atoms with E-state index in [0.29, 0.717) is 34.0 Å². The summed E-state index contributed by atoms with van der Waals surface area (Å²) in [6.07, 6.45) is -4.37. The largest absolute Gasteiger partial charge is 0.475 e. The molecule has 8 nitrogen and oxygen atoms in total. The van der Waals surface area contributed by atoms with Crippen LogP contribution in [-0.4, -0.2) is 45.0 Å². The fourth-order valence-electron chi connectivity index (χ4n) is 4.96. The summed E-state index contributed by atoms with van der Waals surface area (Å²) in [6, 6.07) is 12.9. The lowest BCUT2D eigenvalue weighted by molar-refractivity contribution is -0.142. The van der Waals surface area contributed by atoms with Crippen LogP contribution in [0.3, 0.4) is 0 Å². The zero-order valence-electron chi connectivity index (χ0n) is 21.9. The Hall–Kier alpha value is -4.41. The van der Waals surface area contributed by atoms with Crippen LogP contribution in [0.1, 0.15) is 32.9 Å². The van der Waals surface area contributed by atoms with Crippen molar-refractivity contribution in [3.05, 3.63) is 70.5 Å². The number of nitrogen functional groups attached to an aromatic ring is 1. The number of hydrogen-bond acceptors (Lipinski definition) is 6. The smallest absolute Gasteiger partial charge is 0.408 e. The van der Waals surface area contributed by atoms with Gasteiger partial charge in [0.1, 0.15) is 24.5 Å². The maximum atomic E-state index is 13.6. The summed E-state index contributed by atoms with van der Waals surface area (Å²) in [7, 11) is 0. The van der Waals surface area contributed by atoms with E-state index in [2.05, 4.69) is 15.1 Å². The molecule has 4 aromatic rings. The number of rotatable bonds is 4. The number of aromatic nitrogens is 4. The van der Waals surface area contributed by atoms with E-state index in [-0.39, 0.29) is 30.4 Å². The van der Waals surface area contributed by atoms with E-state index >= 15 is 0 Å². The van der Waals surface area contributed by atoms with Crippen LogP contribution in [0.25, 0.3) is 22.5 Å². The van der Waals surface area contributed by atoms with Gasteiger partial charge in [-0.1, -0.05) is 29.3 Å². The Kier molecular flexibility index (Phi) is 6.53. The van der Waals surface area contributed by atoms with Crippen LogP contribution in [-0.2, 0) is 6.54 Å². The Morgan fingerprint density at radius 2 is 1.62 bits per heavy atom. The topological polar surface area (TPSA) is 99.2 Å². The molecule has 5 rings (SSSR count). The van der Waals surface area contributed by atoms with Crippen LogP contribution < -0.4 is 15.4 Å². The molecule has 3 heterocycles. The minimum atomic E-state index is -4.37. The zero-order valence-corrected chi connectivity index (χ0v) is 21.9. The van der Waals surface area contributed by atoms with Crippen molar-refractivity contribution in [2.24, 2.45) is 0 Å². The standard InChI is InChI=1S/C28H27F3N6O2/c1-15-11-16(2)13-20(12-15)25-33-24(32)23-26(34-25)39-10-9-36(27(23)38)21-7-5-19(6-8-21)22-17(3)35-37(18(22)4)14-28(29,30)31/h5-8,11-13H,9-10,14H2,1-4H3,(H2,32,33,34). The molecule has 0 bridgehead atoms. The lowest BCUT2D eigenvalue weighted by atomic mass is 10.0. The average Bonchev–Trinajstić information content (AvgIpc) is 3.00. The molecule has 0 spiro atoms. The van der Waals surface area contributed by atoms with Gasteiger partial charge in [0.15, 0.2) is 5.82 Å². The third kappa shape index (κ3) is 5.16. The van der Waals surface area contributed by atoms with E-state index in [4.69, 9.17) is 10.5 Å². The first-order valence-electron chi connectivity index (χ1n) is 12.3. The molecular formula is C28H27F3N6O2. The lowest BCUT2D eigenvalue weighted by Gasteiger charge is -2.20. The van der Waals surface area contributed by atoms with E-state index in [9.17, 15) is 18.0 Å². The monoisotopic (exact) mass is 536 g/mol. The van der Waals surface area contributed by atoms with Crippen LogP contribution in [0, 0.1) is 27.7 Å². The number of nitrogens with zero attached hydrogens (tertiary/aromatic N) is 5. The fourth-order valence-corrected chi connectivity index (χ4v) is 4.96. The number of carbonyl (C=O) groups excluding carboxylic acids is 1. The summed E-state index contributed by atoms with van der Waals surface area (Å²) < 4.78 is 45.6. The lowest BCUT2D eigenvalue weighted by Crippen LogP contribution is -2.32. The predicted octanol–water partition coefficient (Wildman–Crippen LogP) is 5.42. The van der Waals surface area contributed by atoms with Gasteiger partial charge in [-0.05, 0) is 57.5 Å². The summed E-state index contributed by atoms with van der Waals surface area (Å²) in [4.78, 5) is 24.0. The van der Waals surface area contributed by atoms with Crippen molar-refractivity contribution in [3.63, 3.8) is 0 Å². The first kappa shape index (κ1) is 26.2. The van der Waals surface area contributed by atoms with Crippen LogP contribution in [0.5, 0.6) is 5.88 Å². The number of alkyl halides is 3. The Labute approximate surface area is 223 Å². The van der Waals surface area contributed by atoms with Crippen molar-refractivity contribution in [2.45, 2.75) is 40.4 Å². The highest BCUT2D eigenvalue weighted by atomic mass is 19.4. The maximum Gasteiger partial charge on any atom is 0.408 e. The molecule has 2 aromatic carbocycles. The van der Waals surface area contributed by atoms with E-state index in [0.717, 1.165) is 21.4 Å². The predicted molar refractivity (Wildman–Crippen MR) is 142 cm³/mol.